The highest BCUT2D eigenvalue weighted by molar-refractivity contribution is 5.69. The molecule has 6 heteroatoms. The second-order valence-electron chi connectivity index (χ2n) is 5.38. The van der Waals surface area contributed by atoms with Crippen LogP contribution in [-0.4, -0.2) is 32.9 Å². The van der Waals surface area contributed by atoms with Crippen LogP contribution in [-0.2, 0) is 11.2 Å². The third-order valence-electron chi connectivity index (χ3n) is 3.82. The van der Waals surface area contributed by atoms with Crippen LogP contribution in [0.5, 0.6) is 0 Å². The lowest BCUT2D eigenvalue weighted by molar-refractivity contribution is 0.133. The quantitative estimate of drug-likeness (QED) is 0.787. The second-order valence-corrected chi connectivity index (χ2v) is 5.38. The van der Waals surface area contributed by atoms with Crippen LogP contribution in [0.3, 0.4) is 0 Å². The van der Waals surface area contributed by atoms with Gasteiger partial charge in [0.25, 0.3) is 0 Å². The average Bonchev–Trinajstić information content (AvgIpc) is 3.10. The molecule has 0 saturated heterocycles. The van der Waals surface area contributed by atoms with E-state index >= 15 is 0 Å². The van der Waals surface area contributed by atoms with E-state index in [-0.39, 0.29) is 11.9 Å². The van der Waals surface area contributed by atoms with E-state index < -0.39 is 0 Å². The minimum absolute atomic E-state index is 0.170. The molecule has 3 heterocycles. The zero-order chi connectivity index (χ0) is 15.3. The first-order chi connectivity index (χ1) is 10.6. The number of imidazole rings is 1. The Balaban J connectivity index is 1.79. The molecule has 0 fully saturated rings. The van der Waals surface area contributed by atoms with Crippen molar-refractivity contribution >= 4 is 11.4 Å². The molecule has 3 aromatic rings. The zero-order valence-corrected chi connectivity index (χ0v) is 12.3. The van der Waals surface area contributed by atoms with E-state index in [0.29, 0.717) is 29.2 Å². The molecule has 0 bridgehead atoms. The van der Waals surface area contributed by atoms with Crippen LogP contribution >= 0.6 is 0 Å². The monoisotopic (exact) mass is 297 g/mol. The van der Waals surface area contributed by atoms with Crippen LogP contribution in [0.2, 0.25) is 0 Å². The topological polar surface area (TPSA) is 72.8 Å². The molecule has 1 N–H and O–H groups in total. The van der Waals surface area contributed by atoms with Crippen molar-refractivity contribution in [1.29, 1.82) is 0 Å². The van der Waals surface area contributed by atoms with Gasteiger partial charge in [-0.1, -0.05) is 0 Å². The number of aryl methyl sites for hydroxylation is 1. The summed E-state index contributed by atoms with van der Waals surface area (Å²) in [5.41, 5.74) is 3.06. The summed E-state index contributed by atoms with van der Waals surface area (Å²) in [6, 6.07) is 5.63. The van der Waals surface area contributed by atoms with Crippen LogP contribution < -0.4 is 0 Å². The molecular formula is C16H15N3O3. The van der Waals surface area contributed by atoms with Crippen molar-refractivity contribution in [3.8, 4) is 11.5 Å². The molecule has 0 radical (unpaired) electrons. The molecule has 6 nitrogen and oxygen atoms in total. The summed E-state index contributed by atoms with van der Waals surface area (Å²) in [4.78, 5) is 4.51. The van der Waals surface area contributed by atoms with Crippen molar-refractivity contribution in [2.75, 3.05) is 7.11 Å². The van der Waals surface area contributed by atoms with E-state index in [1.54, 1.807) is 17.7 Å². The summed E-state index contributed by atoms with van der Waals surface area (Å²) >= 11 is 0. The highest BCUT2D eigenvalue weighted by Gasteiger charge is 2.24. The molecule has 0 spiro atoms. The number of nitrogens with zero attached hydrogens (tertiary/aromatic N) is 3. The molecule has 0 aromatic carbocycles. The Bertz CT molecular complexity index is 891. The van der Waals surface area contributed by atoms with Gasteiger partial charge in [0.1, 0.15) is 17.2 Å². The van der Waals surface area contributed by atoms with E-state index in [4.69, 9.17) is 9.15 Å². The van der Waals surface area contributed by atoms with Gasteiger partial charge in [0.05, 0.1) is 23.6 Å². The molecule has 1 atom stereocenters. The summed E-state index contributed by atoms with van der Waals surface area (Å²) < 4.78 is 12.9. The molecular weight excluding hydrogens is 282 g/mol. The largest absolute Gasteiger partial charge is 0.507 e. The van der Waals surface area contributed by atoms with Gasteiger partial charge < -0.3 is 14.3 Å². The van der Waals surface area contributed by atoms with Crippen LogP contribution in [0.25, 0.3) is 22.9 Å². The molecule has 22 heavy (non-hydrogen) atoms. The van der Waals surface area contributed by atoms with Gasteiger partial charge in [-0.05, 0) is 31.2 Å². The van der Waals surface area contributed by atoms with Crippen LogP contribution in [0.1, 0.15) is 17.0 Å². The minimum Gasteiger partial charge on any atom is -0.507 e. The Morgan fingerprint density at radius 1 is 1.41 bits per heavy atom. The summed E-state index contributed by atoms with van der Waals surface area (Å²) in [6.45, 7) is 1.93. The number of methoxy groups -OCH3 is 1. The smallest absolute Gasteiger partial charge is 0.155 e. The Labute approximate surface area is 126 Å². The summed E-state index contributed by atoms with van der Waals surface area (Å²) in [5.74, 6) is 1.51. The van der Waals surface area contributed by atoms with Gasteiger partial charge in [-0.15, -0.1) is 0 Å². The Morgan fingerprint density at radius 2 is 2.27 bits per heavy atom. The molecule has 3 aromatic heterocycles. The molecule has 1 aliphatic carbocycles. The first kappa shape index (κ1) is 13.1. The van der Waals surface area contributed by atoms with Crippen molar-refractivity contribution in [2.24, 2.45) is 0 Å². The van der Waals surface area contributed by atoms with Crippen LogP contribution in [0.4, 0.5) is 0 Å². The van der Waals surface area contributed by atoms with Gasteiger partial charge in [-0.25, -0.2) is 9.50 Å². The minimum atomic E-state index is -0.170. The molecule has 4 rings (SSSR count). The number of hydrogen-bond acceptors (Lipinski definition) is 5. The number of ether oxygens (including phenoxy) is 1. The van der Waals surface area contributed by atoms with Crippen molar-refractivity contribution in [3.63, 3.8) is 0 Å². The van der Waals surface area contributed by atoms with Gasteiger partial charge in [0.15, 0.2) is 11.4 Å². The Kier molecular flexibility index (Phi) is 2.80. The fourth-order valence-electron chi connectivity index (χ4n) is 2.68. The fourth-order valence-corrected chi connectivity index (χ4v) is 2.68. The third kappa shape index (κ3) is 2.00. The van der Waals surface area contributed by atoms with Crippen LogP contribution in [0.15, 0.2) is 34.9 Å². The van der Waals surface area contributed by atoms with Gasteiger partial charge in [-0.3, -0.25) is 0 Å². The molecule has 1 unspecified atom stereocenters. The number of fused-ring (bicyclic) bond motifs is 2. The molecule has 112 valence electrons. The third-order valence-corrected chi connectivity index (χ3v) is 3.82. The molecule has 0 amide bonds. The number of furan rings is 1. The average molecular weight is 297 g/mol. The molecule has 0 aliphatic heterocycles. The van der Waals surface area contributed by atoms with Crippen molar-refractivity contribution in [3.05, 3.63) is 47.5 Å². The molecule has 1 aliphatic rings. The summed E-state index contributed by atoms with van der Waals surface area (Å²) in [6.07, 6.45) is 3.94. The lowest BCUT2D eigenvalue weighted by Gasteiger charge is -2.15. The van der Waals surface area contributed by atoms with E-state index in [9.17, 15) is 5.11 Å². The Morgan fingerprint density at radius 3 is 3.09 bits per heavy atom. The standard InChI is InChI=1S/C16H15N3O3/c1-9-3-4-16-17-12(8-19(16)18-9)15-7-11-13(20)5-10(21-2)6-14(11)22-15/h3-5,7-8,10,20H,6H2,1-2H3. The van der Waals surface area contributed by atoms with Gasteiger partial charge in [0, 0.05) is 13.5 Å². The van der Waals surface area contributed by atoms with E-state index in [1.165, 1.54) is 0 Å². The number of aromatic nitrogens is 3. The van der Waals surface area contributed by atoms with Gasteiger partial charge in [-0.2, -0.15) is 5.10 Å². The maximum Gasteiger partial charge on any atom is 0.155 e. The lowest BCUT2D eigenvalue weighted by Crippen LogP contribution is -2.15. The number of rotatable bonds is 2. The zero-order valence-electron chi connectivity index (χ0n) is 12.3. The number of hydrogen-bond donors (Lipinski definition) is 1. The second kappa shape index (κ2) is 4.71. The first-order valence-electron chi connectivity index (χ1n) is 7.04. The predicted octanol–water partition coefficient (Wildman–Crippen LogP) is 2.77. The van der Waals surface area contributed by atoms with Crippen molar-refractivity contribution < 1.29 is 14.3 Å². The SMILES string of the molecule is COC1C=C(O)c2cc(-c3cn4nc(C)ccc4n3)oc2C1. The normalized spacial score (nSPS) is 17.5. The van der Waals surface area contributed by atoms with Gasteiger partial charge in [0.2, 0.25) is 0 Å². The van der Waals surface area contributed by atoms with E-state index in [1.807, 2.05) is 31.3 Å². The first-order valence-corrected chi connectivity index (χ1v) is 7.04. The molecule has 0 saturated carbocycles. The number of aliphatic hydroxyl groups is 1. The van der Waals surface area contributed by atoms with E-state index in [2.05, 4.69) is 10.1 Å². The van der Waals surface area contributed by atoms with Crippen molar-refractivity contribution in [1.82, 2.24) is 14.6 Å². The summed E-state index contributed by atoms with van der Waals surface area (Å²) in [7, 11) is 1.61. The maximum absolute atomic E-state index is 10.1. The van der Waals surface area contributed by atoms with Gasteiger partial charge >= 0.3 is 0 Å². The summed E-state index contributed by atoms with van der Waals surface area (Å²) in [5, 5.41) is 14.5. The highest BCUT2D eigenvalue weighted by atomic mass is 16.5. The fraction of sp³-hybridized carbons (Fsp3) is 0.250. The number of aliphatic hydroxyl groups excluding tert-OH is 1. The van der Waals surface area contributed by atoms with Crippen LogP contribution in [0, 0.1) is 6.92 Å². The maximum atomic E-state index is 10.1. The van der Waals surface area contributed by atoms with Crippen molar-refractivity contribution in [2.45, 2.75) is 19.4 Å². The highest BCUT2D eigenvalue weighted by Crippen LogP contribution is 2.33. The predicted molar refractivity (Wildman–Crippen MR) is 80.5 cm³/mol. The van der Waals surface area contributed by atoms with E-state index in [0.717, 1.165) is 11.3 Å². The lowest BCUT2D eigenvalue weighted by atomic mass is 10.0. The Hall–Kier alpha value is -2.60.